The summed E-state index contributed by atoms with van der Waals surface area (Å²) in [4.78, 5) is 14.9. The lowest BCUT2D eigenvalue weighted by Gasteiger charge is -2.10. The summed E-state index contributed by atoms with van der Waals surface area (Å²) < 4.78 is 39.7. The van der Waals surface area contributed by atoms with Crippen LogP contribution in [0.1, 0.15) is 16.2 Å². The molecule has 0 fully saturated rings. The first-order chi connectivity index (χ1) is 11.4. The van der Waals surface area contributed by atoms with Crippen molar-refractivity contribution < 1.29 is 23.1 Å². The number of alkyl halides is 3. The lowest BCUT2D eigenvalue weighted by molar-refractivity contribution is -0.256. The molecule has 0 radical (unpaired) electrons. The predicted molar refractivity (Wildman–Crippen MR) is 76.1 cm³/mol. The molecule has 24 heavy (non-hydrogen) atoms. The lowest BCUT2D eigenvalue weighted by atomic mass is 10.2. The van der Waals surface area contributed by atoms with Gasteiger partial charge in [-0.05, 0) is 18.2 Å². The Labute approximate surface area is 134 Å². The molecule has 0 aliphatic rings. The zero-order chi connectivity index (χ0) is 17.3. The van der Waals surface area contributed by atoms with Crippen molar-refractivity contribution in [2.45, 2.75) is 6.18 Å². The summed E-state index contributed by atoms with van der Waals surface area (Å²) in [5.74, 6) is -2.11. The van der Waals surface area contributed by atoms with E-state index in [1.54, 1.807) is 30.3 Å². The molecule has 0 saturated heterocycles. The van der Waals surface area contributed by atoms with Gasteiger partial charge in [0.05, 0.1) is 11.3 Å². The highest BCUT2D eigenvalue weighted by atomic mass is 19.4. The second kappa shape index (κ2) is 5.80. The molecular formula is C16H9F3N3O2-. The van der Waals surface area contributed by atoms with Crippen LogP contribution in [0.5, 0.6) is 0 Å². The van der Waals surface area contributed by atoms with Crippen LogP contribution < -0.4 is 5.11 Å². The van der Waals surface area contributed by atoms with E-state index in [9.17, 15) is 23.1 Å². The highest BCUT2D eigenvalue weighted by Crippen LogP contribution is 2.31. The number of carbonyl (C=O) groups is 1. The van der Waals surface area contributed by atoms with Gasteiger partial charge < -0.3 is 9.90 Å². The first-order valence-corrected chi connectivity index (χ1v) is 6.78. The third-order valence-corrected chi connectivity index (χ3v) is 3.24. The molecule has 3 rings (SSSR count). The number of aromatic carboxylic acids is 1. The third kappa shape index (κ3) is 2.98. The van der Waals surface area contributed by atoms with Crippen LogP contribution in [0.25, 0.3) is 17.1 Å². The predicted octanol–water partition coefficient (Wildman–Crippen LogP) is 2.32. The maximum absolute atomic E-state index is 12.9. The third-order valence-electron chi connectivity index (χ3n) is 3.24. The van der Waals surface area contributed by atoms with Crippen molar-refractivity contribution in [3.63, 3.8) is 0 Å². The fraction of sp³-hybridized carbons (Fsp3) is 0.0625. The highest BCUT2D eigenvalue weighted by Gasteiger charge is 2.30. The van der Waals surface area contributed by atoms with E-state index in [0.717, 1.165) is 16.8 Å². The van der Waals surface area contributed by atoms with Gasteiger partial charge in [-0.25, -0.2) is 9.67 Å². The minimum Gasteiger partial charge on any atom is -0.541 e. The minimum atomic E-state index is -4.53. The minimum absolute atomic E-state index is 0.0451. The first-order valence-electron chi connectivity index (χ1n) is 6.78. The molecule has 0 saturated carbocycles. The van der Waals surface area contributed by atoms with Crippen molar-refractivity contribution in [2.75, 3.05) is 0 Å². The molecule has 0 bridgehead atoms. The van der Waals surface area contributed by atoms with Crippen molar-refractivity contribution in [1.82, 2.24) is 14.8 Å². The number of carbonyl (C=O) groups excluding carboxylic acids is 1. The van der Waals surface area contributed by atoms with Gasteiger partial charge >= 0.3 is 6.18 Å². The SMILES string of the molecule is O=C([O-])c1nc(-c2ccccc2)n(-c2cccc(C(F)(F)F)c2)n1. The number of hydrogen-bond donors (Lipinski definition) is 0. The normalized spacial score (nSPS) is 11.5. The molecule has 122 valence electrons. The highest BCUT2D eigenvalue weighted by molar-refractivity contribution is 5.82. The zero-order valence-electron chi connectivity index (χ0n) is 12.0. The Morgan fingerprint density at radius 1 is 1.04 bits per heavy atom. The van der Waals surface area contributed by atoms with Crippen molar-refractivity contribution in [1.29, 1.82) is 0 Å². The summed E-state index contributed by atoms with van der Waals surface area (Å²) in [6.07, 6.45) is -4.53. The van der Waals surface area contributed by atoms with Crippen LogP contribution in [0.2, 0.25) is 0 Å². The van der Waals surface area contributed by atoms with Crippen molar-refractivity contribution in [3.8, 4) is 17.1 Å². The summed E-state index contributed by atoms with van der Waals surface area (Å²) in [5.41, 5.74) is -0.317. The maximum atomic E-state index is 12.9. The molecule has 0 unspecified atom stereocenters. The smallest absolute Gasteiger partial charge is 0.416 e. The monoisotopic (exact) mass is 332 g/mol. The van der Waals surface area contributed by atoms with Crippen LogP contribution in [0.3, 0.4) is 0 Å². The number of aromatic nitrogens is 3. The van der Waals surface area contributed by atoms with Crippen LogP contribution in [0.15, 0.2) is 54.6 Å². The van der Waals surface area contributed by atoms with Gasteiger partial charge in [-0.2, -0.15) is 13.2 Å². The van der Waals surface area contributed by atoms with E-state index in [1.165, 1.54) is 12.1 Å². The Balaban J connectivity index is 2.19. The van der Waals surface area contributed by atoms with E-state index >= 15 is 0 Å². The van der Waals surface area contributed by atoms with Crippen molar-refractivity contribution in [3.05, 3.63) is 66.0 Å². The molecule has 0 N–H and O–H groups in total. The Hall–Kier alpha value is -3.16. The molecule has 0 spiro atoms. The largest absolute Gasteiger partial charge is 0.541 e. The molecule has 3 aromatic rings. The van der Waals surface area contributed by atoms with E-state index in [4.69, 9.17) is 0 Å². The topological polar surface area (TPSA) is 70.8 Å². The number of hydrogen-bond acceptors (Lipinski definition) is 4. The van der Waals surface area contributed by atoms with Crippen LogP contribution in [-0.2, 0) is 6.18 Å². The van der Waals surface area contributed by atoms with E-state index in [2.05, 4.69) is 10.1 Å². The number of carboxylic acids is 1. The van der Waals surface area contributed by atoms with Crippen LogP contribution in [0, 0.1) is 0 Å². The fourth-order valence-electron chi connectivity index (χ4n) is 2.17. The number of benzene rings is 2. The maximum Gasteiger partial charge on any atom is 0.416 e. The molecule has 8 heteroatoms. The van der Waals surface area contributed by atoms with Gasteiger partial charge in [0, 0.05) is 5.56 Å². The number of nitrogens with zero attached hydrogens (tertiary/aromatic N) is 3. The molecule has 1 aromatic heterocycles. The Morgan fingerprint density at radius 2 is 1.75 bits per heavy atom. The zero-order valence-corrected chi connectivity index (χ0v) is 12.0. The molecule has 0 amide bonds. The van der Waals surface area contributed by atoms with Gasteiger partial charge in [0.25, 0.3) is 0 Å². The number of carboxylic acid groups (broad SMARTS) is 1. The van der Waals surface area contributed by atoms with E-state index < -0.39 is 23.5 Å². The molecule has 0 atom stereocenters. The van der Waals surface area contributed by atoms with E-state index in [1.807, 2.05) is 0 Å². The Kier molecular flexibility index (Phi) is 3.80. The quantitative estimate of drug-likeness (QED) is 0.738. The summed E-state index contributed by atoms with van der Waals surface area (Å²) in [6, 6.07) is 12.8. The first kappa shape index (κ1) is 15.7. The standard InChI is InChI=1S/C16H10F3N3O2/c17-16(18,19)11-7-4-8-12(9-11)22-14(10-5-2-1-3-6-10)20-13(21-22)15(23)24/h1-9H,(H,23,24)/p-1. The molecule has 2 aromatic carbocycles. The Bertz CT molecular complexity index is 889. The van der Waals surface area contributed by atoms with Gasteiger partial charge in [-0.1, -0.05) is 36.4 Å². The molecular weight excluding hydrogens is 323 g/mol. The molecule has 1 heterocycles. The van der Waals surface area contributed by atoms with Crippen LogP contribution >= 0.6 is 0 Å². The molecule has 5 nitrogen and oxygen atoms in total. The van der Waals surface area contributed by atoms with Gasteiger partial charge in [0.2, 0.25) is 0 Å². The number of rotatable bonds is 3. The summed E-state index contributed by atoms with van der Waals surface area (Å²) in [7, 11) is 0. The average Bonchev–Trinajstić information content (AvgIpc) is 3.01. The van der Waals surface area contributed by atoms with E-state index in [-0.39, 0.29) is 11.5 Å². The Morgan fingerprint density at radius 3 is 2.38 bits per heavy atom. The van der Waals surface area contributed by atoms with Crippen LogP contribution in [0.4, 0.5) is 13.2 Å². The summed E-state index contributed by atoms with van der Waals surface area (Å²) >= 11 is 0. The van der Waals surface area contributed by atoms with Crippen LogP contribution in [-0.4, -0.2) is 20.7 Å². The molecule has 0 aliphatic heterocycles. The summed E-state index contributed by atoms with van der Waals surface area (Å²) in [5, 5.41) is 14.8. The van der Waals surface area contributed by atoms with Gasteiger partial charge in [0.1, 0.15) is 5.97 Å². The van der Waals surface area contributed by atoms with Gasteiger partial charge in [0.15, 0.2) is 11.6 Å². The van der Waals surface area contributed by atoms with E-state index in [0.29, 0.717) is 5.56 Å². The fourth-order valence-corrected chi connectivity index (χ4v) is 2.17. The number of halogens is 3. The lowest BCUT2D eigenvalue weighted by Crippen LogP contribution is -2.24. The summed E-state index contributed by atoms with van der Waals surface area (Å²) in [6.45, 7) is 0. The molecule has 0 aliphatic carbocycles. The van der Waals surface area contributed by atoms with Crippen molar-refractivity contribution >= 4 is 5.97 Å². The average molecular weight is 332 g/mol. The van der Waals surface area contributed by atoms with Gasteiger partial charge in [-0.15, -0.1) is 5.10 Å². The van der Waals surface area contributed by atoms with Crippen molar-refractivity contribution in [2.24, 2.45) is 0 Å². The van der Waals surface area contributed by atoms with Gasteiger partial charge in [-0.3, -0.25) is 0 Å². The second-order valence-electron chi connectivity index (χ2n) is 4.87. The second-order valence-corrected chi connectivity index (χ2v) is 4.87.